The molecule has 9 nitrogen and oxygen atoms in total. The number of hydrogen-bond acceptors (Lipinski definition) is 7. The summed E-state index contributed by atoms with van der Waals surface area (Å²) in [5.41, 5.74) is -0.271. The van der Waals surface area contributed by atoms with Crippen molar-refractivity contribution in [2.24, 2.45) is 5.41 Å². The molecule has 3 aliphatic heterocycles. The van der Waals surface area contributed by atoms with E-state index in [-0.39, 0.29) is 35.6 Å². The van der Waals surface area contributed by atoms with E-state index in [1.54, 1.807) is 11.0 Å². The Morgan fingerprint density at radius 1 is 1.21 bits per heavy atom. The molecule has 34 heavy (non-hydrogen) atoms. The molecule has 3 saturated heterocycles. The van der Waals surface area contributed by atoms with Crippen LogP contribution in [0.5, 0.6) is 0 Å². The first-order chi connectivity index (χ1) is 16.1. The number of nitrogens with one attached hydrogen (secondary N) is 1. The number of amides is 2. The number of halogens is 2. The van der Waals surface area contributed by atoms with Crippen LogP contribution in [-0.2, 0) is 4.74 Å². The highest BCUT2D eigenvalue weighted by Gasteiger charge is 2.49. The Labute approximate surface area is 196 Å². The molecule has 1 aromatic carbocycles. The van der Waals surface area contributed by atoms with E-state index in [9.17, 15) is 27.5 Å². The topological polar surface area (TPSA) is 115 Å². The maximum absolute atomic E-state index is 15.0. The number of rotatable bonds is 5. The van der Waals surface area contributed by atoms with E-state index in [1.165, 1.54) is 12.3 Å². The van der Waals surface area contributed by atoms with Gasteiger partial charge in [-0.1, -0.05) is 0 Å². The Balaban J connectivity index is 1.22. The third-order valence-electron chi connectivity index (χ3n) is 6.64. The third kappa shape index (κ3) is 4.32. The average Bonchev–Trinajstić information content (AvgIpc) is 3.41. The maximum Gasteiger partial charge on any atom is 0.414 e. The Morgan fingerprint density at radius 2 is 1.88 bits per heavy atom. The molecule has 2 amide bonds. The van der Waals surface area contributed by atoms with Crippen LogP contribution in [0.4, 0.5) is 25.0 Å². The van der Waals surface area contributed by atoms with Crippen LogP contribution in [0, 0.1) is 17.0 Å². The summed E-state index contributed by atoms with van der Waals surface area (Å²) in [5.74, 6) is -1.19. The molecule has 0 radical (unpaired) electrons. The highest BCUT2D eigenvalue weighted by molar-refractivity contribution is 8.25. The molecule has 12 heteroatoms. The normalized spacial score (nSPS) is 24.0. The summed E-state index contributed by atoms with van der Waals surface area (Å²) in [4.78, 5) is 27.0. The smallest absolute Gasteiger partial charge is 0.414 e. The molecule has 4 heterocycles. The van der Waals surface area contributed by atoms with Crippen LogP contribution in [0.15, 0.2) is 34.9 Å². The Hall–Kier alpha value is -2.83. The van der Waals surface area contributed by atoms with Gasteiger partial charge in [0.1, 0.15) is 11.8 Å². The molecular weight excluding hydrogens is 472 g/mol. The van der Waals surface area contributed by atoms with Gasteiger partial charge in [-0.2, -0.15) is 10.6 Å². The molecule has 3 aliphatic rings. The molecule has 184 valence electrons. The SMILES string of the molecule is O=C(NC[C@H]1CN(c2cc(F)c(N3CCC4(CC3)CS(O)(O)C4)c(F)c2)C(=O)O1)c1ccco1. The highest BCUT2D eigenvalue weighted by Crippen LogP contribution is 2.62. The van der Waals surface area contributed by atoms with Gasteiger partial charge in [0.25, 0.3) is 5.91 Å². The lowest BCUT2D eigenvalue weighted by Gasteiger charge is -2.58. The van der Waals surface area contributed by atoms with Crippen LogP contribution >= 0.6 is 10.6 Å². The number of piperidine rings is 1. The van der Waals surface area contributed by atoms with Gasteiger partial charge in [-0.05, 0) is 25.0 Å². The predicted molar refractivity (Wildman–Crippen MR) is 121 cm³/mol. The van der Waals surface area contributed by atoms with Crippen molar-refractivity contribution in [3.8, 4) is 0 Å². The molecule has 0 unspecified atom stereocenters. The molecule has 3 fully saturated rings. The Bertz CT molecular complexity index is 1070. The zero-order valence-electron chi connectivity index (χ0n) is 18.2. The highest BCUT2D eigenvalue weighted by atomic mass is 32.3. The second-order valence-electron chi connectivity index (χ2n) is 9.14. The van der Waals surface area contributed by atoms with Gasteiger partial charge < -0.3 is 19.4 Å². The van der Waals surface area contributed by atoms with Gasteiger partial charge in [0.2, 0.25) is 0 Å². The average molecular weight is 498 g/mol. The lowest BCUT2D eigenvalue weighted by Crippen LogP contribution is -2.52. The largest absolute Gasteiger partial charge is 0.459 e. The Morgan fingerprint density at radius 3 is 2.47 bits per heavy atom. The fourth-order valence-corrected chi connectivity index (χ4v) is 7.44. The van der Waals surface area contributed by atoms with E-state index in [1.807, 2.05) is 0 Å². The van der Waals surface area contributed by atoms with Crippen molar-refractivity contribution in [3.05, 3.63) is 47.9 Å². The van der Waals surface area contributed by atoms with Gasteiger partial charge in [-0.3, -0.25) is 18.8 Å². The number of benzene rings is 1. The first-order valence-electron chi connectivity index (χ1n) is 10.9. The molecule has 5 rings (SSSR count). The summed E-state index contributed by atoms with van der Waals surface area (Å²) in [6, 6.07) is 5.28. The number of carbonyl (C=O) groups excluding carboxylic acids is 2. The van der Waals surface area contributed by atoms with Crippen molar-refractivity contribution >= 4 is 34.0 Å². The third-order valence-corrected chi connectivity index (χ3v) is 8.79. The van der Waals surface area contributed by atoms with Crippen LogP contribution in [0.2, 0.25) is 0 Å². The minimum absolute atomic E-state index is 0.0189. The van der Waals surface area contributed by atoms with E-state index in [0.29, 0.717) is 37.4 Å². The van der Waals surface area contributed by atoms with Crippen LogP contribution < -0.4 is 15.1 Å². The van der Waals surface area contributed by atoms with E-state index < -0.39 is 40.3 Å². The van der Waals surface area contributed by atoms with Gasteiger partial charge in [0.15, 0.2) is 17.4 Å². The van der Waals surface area contributed by atoms with Crippen LogP contribution in [0.25, 0.3) is 0 Å². The quantitative estimate of drug-likeness (QED) is 0.577. The molecule has 1 atom stereocenters. The summed E-state index contributed by atoms with van der Waals surface area (Å²) in [6.45, 7) is 0.858. The van der Waals surface area contributed by atoms with Crippen molar-refractivity contribution in [3.63, 3.8) is 0 Å². The van der Waals surface area contributed by atoms with Gasteiger partial charge in [-0.15, -0.1) is 0 Å². The zero-order valence-corrected chi connectivity index (χ0v) is 19.0. The van der Waals surface area contributed by atoms with Crippen molar-refractivity contribution in [1.29, 1.82) is 0 Å². The van der Waals surface area contributed by atoms with Crippen LogP contribution in [-0.4, -0.2) is 64.9 Å². The number of nitrogens with zero attached hydrogens (tertiary/aromatic N) is 2. The molecule has 2 aromatic rings. The number of cyclic esters (lactones) is 1. The van der Waals surface area contributed by atoms with E-state index >= 15 is 0 Å². The monoisotopic (exact) mass is 497 g/mol. The van der Waals surface area contributed by atoms with Crippen LogP contribution in [0.1, 0.15) is 23.4 Å². The number of carbonyl (C=O) groups is 2. The molecule has 3 N–H and O–H groups in total. The maximum atomic E-state index is 15.0. The first kappa shape index (κ1) is 22.9. The number of furan rings is 1. The van der Waals surface area contributed by atoms with Gasteiger partial charge in [0, 0.05) is 42.1 Å². The van der Waals surface area contributed by atoms with Crippen molar-refractivity contribution in [1.82, 2.24) is 5.32 Å². The van der Waals surface area contributed by atoms with E-state index in [2.05, 4.69) is 5.32 Å². The molecule has 1 aromatic heterocycles. The standard InChI is InChI=1S/C22H25F2N3O6S/c23-16-8-14(27-11-15(33-21(27)29)10-25-20(28)18-2-1-7-32-18)9-17(24)19(16)26-5-3-22(4-6-26)12-34(30,31)13-22/h1-2,7-9,15,30-31H,3-6,10-13H2,(H,25,28)/t15-/m0/s1. The number of anilines is 2. The van der Waals surface area contributed by atoms with E-state index in [0.717, 1.165) is 17.0 Å². The summed E-state index contributed by atoms with van der Waals surface area (Å²) >= 11 is 0. The molecular formula is C22H25F2N3O6S. The second-order valence-corrected chi connectivity index (χ2v) is 11.3. The lowest BCUT2D eigenvalue weighted by atomic mass is 9.81. The lowest BCUT2D eigenvalue weighted by molar-refractivity contribution is 0.0889. The molecule has 0 bridgehead atoms. The summed E-state index contributed by atoms with van der Waals surface area (Å²) in [6.07, 6.45) is 1.18. The summed E-state index contributed by atoms with van der Waals surface area (Å²) < 4.78 is 59.6. The summed E-state index contributed by atoms with van der Waals surface area (Å²) in [7, 11) is -2.48. The number of ether oxygens (including phenoxy) is 1. The van der Waals surface area contributed by atoms with Crippen molar-refractivity contribution in [2.45, 2.75) is 18.9 Å². The zero-order chi connectivity index (χ0) is 24.1. The van der Waals surface area contributed by atoms with Crippen LogP contribution in [0.3, 0.4) is 0 Å². The fraction of sp³-hybridized carbons (Fsp3) is 0.455. The molecule has 1 spiro atoms. The number of hydrogen-bond donors (Lipinski definition) is 3. The minimum Gasteiger partial charge on any atom is -0.459 e. The summed E-state index contributed by atoms with van der Waals surface area (Å²) in [5, 5.41) is 2.59. The first-order valence-corrected chi connectivity index (χ1v) is 12.8. The predicted octanol–water partition coefficient (Wildman–Crippen LogP) is 3.66. The van der Waals surface area contributed by atoms with Gasteiger partial charge in [-0.25, -0.2) is 13.6 Å². The fourth-order valence-electron chi connectivity index (χ4n) is 4.98. The van der Waals surface area contributed by atoms with Crippen molar-refractivity contribution in [2.75, 3.05) is 47.5 Å². The molecule has 0 aliphatic carbocycles. The van der Waals surface area contributed by atoms with Crippen molar-refractivity contribution < 1.29 is 36.6 Å². The Kier molecular flexibility index (Phi) is 5.69. The van der Waals surface area contributed by atoms with Gasteiger partial charge >= 0.3 is 6.09 Å². The molecule has 0 saturated carbocycles. The van der Waals surface area contributed by atoms with E-state index in [4.69, 9.17) is 9.15 Å². The second kappa shape index (κ2) is 8.43. The van der Waals surface area contributed by atoms with Gasteiger partial charge in [0.05, 0.1) is 25.0 Å². The minimum atomic E-state index is -2.48.